The van der Waals surface area contributed by atoms with E-state index in [-0.39, 0.29) is 10.8 Å². The van der Waals surface area contributed by atoms with Crippen molar-refractivity contribution in [1.29, 1.82) is 0 Å². The zero-order valence-corrected chi connectivity index (χ0v) is 15.1. The Kier molecular flexibility index (Phi) is 4.28. The summed E-state index contributed by atoms with van der Waals surface area (Å²) < 4.78 is 0. The number of benzene rings is 2. The van der Waals surface area contributed by atoms with E-state index in [0.29, 0.717) is 0 Å². The van der Waals surface area contributed by atoms with Gasteiger partial charge in [-0.25, -0.2) is 0 Å². The highest BCUT2D eigenvalue weighted by atomic mass is 16.3. The lowest BCUT2D eigenvalue weighted by molar-refractivity contribution is 0.237. The minimum atomic E-state index is -0.753. The molecule has 1 unspecified atom stereocenters. The third kappa shape index (κ3) is 3.25. The van der Waals surface area contributed by atoms with Crippen LogP contribution in [0.4, 0.5) is 0 Å². The van der Waals surface area contributed by atoms with Gasteiger partial charge in [-0.3, -0.25) is 0 Å². The lowest BCUT2D eigenvalue weighted by atomic mass is 9.63. The highest BCUT2D eigenvalue weighted by Gasteiger charge is 2.37. The van der Waals surface area contributed by atoms with Crippen LogP contribution in [0.3, 0.4) is 0 Å². The lowest BCUT2D eigenvalue weighted by Gasteiger charge is -2.42. The molecular formula is C23H26O. The molecule has 0 fully saturated rings. The average molecular weight is 318 g/mol. The average Bonchev–Trinajstić information content (AvgIpc) is 2.57. The summed E-state index contributed by atoms with van der Waals surface area (Å²) in [6.07, 6.45) is 1.61. The molecule has 0 aromatic heterocycles. The molecule has 2 aromatic rings. The Morgan fingerprint density at radius 3 is 2.17 bits per heavy atom. The van der Waals surface area contributed by atoms with Crippen molar-refractivity contribution in [3.8, 4) is 11.8 Å². The molecule has 124 valence electrons. The Hall–Kier alpha value is -2.04. The third-order valence-corrected chi connectivity index (χ3v) is 5.32. The Morgan fingerprint density at radius 2 is 1.50 bits per heavy atom. The zero-order chi connectivity index (χ0) is 17.4. The molecule has 0 spiro atoms. The van der Waals surface area contributed by atoms with Gasteiger partial charge >= 0.3 is 0 Å². The van der Waals surface area contributed by atoms with Crippen LogP contribution in [0.25, 0.3) is 0 Å². The fraction of sp³-hybridized carbons (Fsp3) is 0.391. The van der Waals surface area contributed by atoms with Crippen LogP contribution in [-0.2, 0) is 10.8 Å². The van der Waals surface area contributed by atoms with E-state index >= 15 is 0 Å². The van der Waals surface area contributed by atoms with E-state index in [1.54, 1.807) is 0 Å². The molecule has 0 saturated carbocycles. The summed E-state index contributed by atoms with van der Waals surface area (Å²) in [4.78, 5) is 0. The molecule has 0 heterocycles. The van der Waals surface area contributed by atoms with Gasteiger partial charge in [0.25, 0.3) is 0 Å². The Bertz CT molecular complexity index is 788. The molecule has 0 amide bonds. The summed E-state index contributed by atoms with van der Waals surface area (Å²) in [5.74, 6) is 6.04. The van der Waals surface area contributed by atoms with Crippen LogP contribution in [0.5, 0.6) is 0 Å². The normalized spacial score (nSPS) is 18.9. The van der Waals surface area contributed by atoms with Gasteiger partial charge in [0.05, 0.1) is 0 Å². The van der Waals surface area contributed by atoms with Crippen molar-refractivity contribution >= 4 is 0 Å². The topological polar surface area (TPSA) is 20.2 Å². The first-order valence-electron chi connectivity index (χ1n) is 8.69. The maximum atomic E-state index is 10.5. The van der Waals surface area contributed by atoms with Gasteiger partial charge < -0.3 is 5.11 Å². The van der Waals surface area contributed by atoms with Crippen molar-refractivity contribution in [3.05, 3.63) is 70.8 Å². The second kappa shape index (κ2) is 6.11. The van der Waals surface area contributed by atoms with Gasteiger partial charge in [0.15, 0.2) is 0 Å². The predicted octanol–water partition coefficient (Wildman–Crippen LogP) is 5.12. The first-order valence-corrected chi connectivity index (χ1v) is 8.69. The maximum Gasteiger partial charge on any atom is 0.140 e. The lowest BCUT2D eigenvalue weighted by Crippen LogP contribution is -2.34. The van der Waals surface area contributed by atoms with Gasteiger partial charge in [0.2, 0.25) is 0 Å². The molecule has 1 atom stereocenters. The molecule has 1 nitrogen and oxygen atoms in total. The summed E-state index contributed by atoms with van der Waals surface area (Å²) in [6.45, 7) is 9.22. The first-order chi connectivity index (χ1) is 11.3. The SMILES string of the molecule is CC1(C)CCC(C)(C)c2cc(C(O)C#Cc3ccccc3)ccc21. The van der Waals surface area contributed by atoms with Crippen LogP contribution in [0.1, 0.15) is 68.9 Å². The van der Waals surface area contributed by atoms with Crippen LogP contribution >= 0.6 is 0 Å². The molecule has 0 radical (unpaired) electrons. The predicted molar refractivity (Wildman–Crippen MR) is 100 cm³/mol. The molecule has 1 heteroatoms. The summed E-state index contributed by atoms with van der Waals surface area (Å²) >= 11 is 0. The van der Waals surface area contributed by atoms with E-state index in [0.717, 1.165) is 11.1 Å². The number of hydrogen-bond donors (Lipinski definition) is 1. The minimum absolute atomic E-state index is 0.146. The quantitative estimate of drug-likeness (QED) is 0.724. The molecule has 1 aliphatic rings. The van der Waals surface area contributed by atoms with E-state index in [9.17, 15) is 5.11 Å². The second-order valence-corrected chi connectivity index (χ2v) is 8.11. The standard InChI is InChI=1S/C23H26O/c1-22(2)14-15-23(3,4)20-16-18(11-12-19(20)22)21(24)13-10-17-8-6-5-7-9-17/h5-9,11-12,16,21,24H,14-15H2,1-4H3. The van der Waals surface area contributed by atoms with E-state index in [4.69, 9.17) is 0 Å². The summed E-state index contributed by atoms with van der Waals surface area (Å²) in [7, 11) is 0. The Balaban J connectivity index is 1.95. The summed E-state index contributed by atoms with van der Waals surface area (Å²) in [6, 6.07) is 16.2. The smallest absolute Gasteiger partial charge is 0.140 e. The van der Waals surface area contributed by atoms with Crippen molar-refractivity contribution in [2.75, 3.05) is 0 Å². The van der Waals surface area contributed by atoms with Crippen molar-refractivity contribution in [3.63, 3.8) is 0 Å². The molecule has 1 N–H and O–H groups in total. The molecule has 0 saturated heterocycles. The molecule has 2 aromatic carbocycles. The van der Waals surface area contributed by atoms with Crippen molar-refractivity contribution in [2.45, 2.75) is 57.5 Å². The fourth-order valence-electron chi connectivity index (χ4n) is 3.53. The van der Waals surface area contributed by atoms with E-state index < -0.39 is 6.10 Å². The first kappa shape index (κ1) is 16.8. The van der Waals surface area contributed by atoms with Crippen LogP contribution in [-0.4, -0.2) is 5.11 Å². The van der Waals surface area contributed by atoms with Gasteiger partial charge in [-0.1, -0.05) is 75.9 Å². The second-order valence-electron chi connectivity index (χ2n) is 8.11. The molecule has 0 aliphatic heterocycles. The number of aliphatic hydroxyl groups excluding tert-OH is 1. The van der Waals surface area contributed by atoms with Gasteiger partial charge in [-0.15, -0.1) is 0 Å². The largest absolute Gasteiger partial charge is 0.376 e. The number of fused-ring (bicyclic) bond motifs is 1. The summed E-state index contributed by atoms with van der Waals surface area (Å²) in [5, 5.41) is 10.5. The molecule has 0 bridgehead atoms. The number of aliphatic hydroxyl groups is 1. The van der Waals surface area contributed by atoms with Crippen LogP contribution < -0.4 is 0 Å². The van der Waals surface area contributed by atoms with Crippen molar-refractivity contribution in [2.24, 2.45) is 0 Å². The van der Waals surface area contributed by atoms with Gasteiger partial charge in [0, 0.05) is 5.56 Å². The zero-order valence-electron chi connectivity index (χ0n) is 15.1. The van der Waals surface area contributed by atoms with Crippen LogP contribution in [0.15, 0.2) is 48.5 Å². The molecule has 1 aliphatic carbocycles. The molecule has 24 heavy (non-hydrogen) atoms. The van der Waals surface area contributed by atoms with E-state index in [2.05, 4.69) is 51.7 Å². The molecular weight excluding hydrogens is 292 g/mol. The highest BCUT2D eigenvalue weighted by molar-refractivity contribution is 5.45. The number of rotatable bonds is 1. The third-order valence-electron chi connectivity index (χ3n) is 5.32. The highest BCUT2D eigenvalue weighted by Crippen LogP contribution is 2.46. The van der Waals surface area contributed by atoms with Gasteiger partial charge in [0.1, 0.15) is 6.10 Å². The summed E-state index contributed by atoms with van der Waals surface area (Å²) in [5.41, 5.74) is 4.93. The minimum Gasteiger partial charge on any atom is -0.376 e. The van der Waals surface area contributed by atoms with Gasteiger partial charge in [-0.05, 0) is 52.5 Å². The van der Waals surface area contributed by atoms with E-state index in [1.165, 1.54) is 24.0 Å². The monoisotopic (exact) mass is 318 g/mol. The Labute approximate surface area is 145 Å². The number of hydrogen-bond acceptors (Lipinski definition) is 1. The fourth-order valence-corrected chi connectivity index (χ4v) is 3.53. The van der Waals surface area contributed by atoms with Crippen molar-refractivity contribution in [1.82, 2.24) is 0 Å². The van der Waals surface area contributed by atoms with Crippen molar-refractivity contribution < 1.29 is 5.11 Å². The van der Waals surface area contributed by atoms with Gasteiger partial charge in [-0.2, -0.15) is 0 Å². The molecule has 3 rings (SSSR count). The Morgan fingerprint density at radius 1 is 0.875 bits per heavy atom. The van der Waals surface area contributed by atoms with Crippen LogP contribution in [0, 0.1) is 11.8 Å². The van der Waals surface area contributed by atoms with Crippen LogP contribution in [0.2, 0.25) is 0 Å². The maximum absolute atomic E-state index is 10.5. The van der Waals surface area contributed by atoms with E-state index in [1.807, 2.05) is 36.4 Å².